The molecule has 43 heavy (non-hydrogen) atoms. The van der Waals surface area contributed by atoms with Gasteiger partial charge in [-0.15, -0.1) is 23.1 Å². The Morgan fingerprint density at radius 3 is 2.51 bits per heavy atom. The molecule has 1 fully saturated rings. The summed E-state index contributed by atoms with van der Waals surface area (Å²) in [4.78, 5) is 73.3. The Morgan fingerprint density at radius 1 is 1.14 bits per heavy atom. The molecular weight excluding hydrogens is 610 g/mol. The third-order valence-corrected chi connectivity index (χ3v) is 7.46. The first-order valence-electron chi connectivity index (χ1n) is 14.2. The van der Waals surface area contributed by atoms with Crippen molar-refractivity contribution in [2.24, 2.45) is 5.16 Å². The summed E-state index contributed by atoms with van der Waals surface area (Å²) in [5.41, 5.74) is -0.491. The van der Waals surface area contributed by atoms with Crippen LogP contribution in [0.1, 0.15) is 44.4 Å². The third kappa shape index (κ3) is 8.57. The molecule has 0 unspecified atom stereocenters. The maximum Gasteiger partial charge on any atom is 0.511 e. The van der Waals surface area contributed by atoms with Gasteiger partial charge in [-0.05, 0) is 33.3 Å². The van der Waals surface area contributed by atoms with Crippen molar-refractivity contribution in [2.75, 3.05) is 31.8 Å². The molecule has 0 radical (unpaired) electrons. The molecule has 0 aliphatic carbocycles. The van der Waals surface area contributed by atoms with Gasteiger partial charge in [0.15, 0.2) is 10.8 Å². The van der Waals surface area contributed by atoms with Gasteiger partial charge in [-0.3, -0.25) is 19.8 Å². The number of anilines is 1. The van der Waals surface area contributed by atoms with Crippen LogP contribution in [0.5, 0.6) is 0 Å². The summed E-state index contributed by atoms with van der Waals surface area (Å²) in [6.07, 6.45) is -4.11. The highest BCUT2D eigenvalue weighted by Crippen LogP contribution is 2.41. The molecule has 2 aliphatic rings. The number of oxime groups is 1. The lowest BCUT2D eigenvalue weighted by Gasteiger charge is -2.49. The molecular formula is C25H33N5O11S2. The minimum absolute atomic E-state index is 0.0124. The molecule has 3 heterocycles. The number of aromatic nitrogens is 1. The summed E-state index contributed by atoms with van der Waals surface area (Å²) in [6.45, 7) is 7.77. The number of thioether (sulfide) groups is 1. The van der Waals surface area contributed by atoms with Gasteiger partial charge in [0.1, 0.15) is 29.8 Å². The van der Waals surface area contributed by atoms with Crippen LogP contribution in [-0.4, -0.2) is 102 Å². The zero-order chi connectivity index (χ0) is 34.3. The quantitative estimate of drug-likeness (QED) is 0.0839. The lowest BCUT2D eigenvalue weighted by molar-refractivity contribution is -0.169. The Balaban J connectivity index is 1.78. The van der Waals surface area contributed by atoms with E-state index in [1.54, 1.807) is 27.7 Å². The molecule has 3 rings (SSSR count). The normalized spacial score (nSPS) is 20.2. The second-order valence-electron chi connectivity index (χ2n) is 9.40. The van der Waals surface area contributed by atoms with E-state index in [4.69, 9.17) is 27.8 Å². The monoisotopic (exact) mass is 646 g/mol. The standard InChI is InChI=1S/C25H33N5O11S2/c1-11(2)38-24(34)28-23-26-15(10-43-23)16(29-37-7)19(31)27-17-20(32)30-18(14(8-36-6)9-42-21(17)30)22(33)40-13(5)41-25(35)39-12(3)4/h10-13,17,21H,8-9H2,1-7H3,(H,27,31)(H,26,28,34)/b29-16-/t13-,17+,21+/m0/s1/i7D3. The summed E-state index contributed by atoms with van der Waals surface area (Å²) in [5.74, 6) is -2.49. The van der Waals surface area contributed by atoms with E-state index in [9.17, 15) is 24.0 Å². The number of β-lactam (4-membered cyclic amide) rings is 1. The summed E-state index contributed by atoms with van der Waals surface area (Å²) in [7, 11) is -1.62. The maximum atomic E-state index is 13.4. The number of ether oxygens (including phenoxy) is 5. The highest BCUT2D eigenvalue weighted by atomic mass is 32.2. The molecule has 0 saturated carbocycles. The predicted octanol–water partition coefficient (Wildman–Crippen LogP) is 2.20. The Morgan fingerprint density at radius 2 is 1.86 bits per heavy atom. The molecule has 1 aromatic rings. The molecule has 3 amide bonds. The molecule has 3 atom stereocenters. The number of esters is 1. The molecule has 16 nitrogen and oxygen atoms in total. The molecule has 236 valence electrons. The van der Waals surface area contributed by atoms with Crippen molar-refractivity contribution in [3.05, 3.63) is 22.3 Å². The van der Waals surface area contributed by atoms with Crippen molar-refractivity contribution in [1.29, 1.82) is 0 Å². The van der Waals surface area contributed by atoms with Crippen molar-refractivity contribution >= 4 is 64.0 Å². The Kier molecular flexibility index (Phi) is 10.2. The van der Waals surface area contributed by atoms with E-state index in [0.717, 1.165) is 16.2 Å². The van der Waals surface area contributed by atoms with E-state index in [2.05, 4.69) is 25.6 Å². The van der Waals surface area contributed by atoms with Gasteiger partial charge in [-0.2, -0.15) is 0 Å². The Hall–Kier alpha value is -3.90. The smallest absolute Gasteiger partial charge is 0.447 e. The van der Waals surface area contributed by atoms with Crippen LogP contribution in [-0.2, 0) is 42.9 Å². The summed E-state index contributed by atoms with van der Waals surface area (Å²) in [5, 5.41) is 8.86. The molecule has 0 aromatic carbocycles. The van der Waals surface area contributed by atoms with Crippen LogP contribution < -0.4 is 10.6 Å². The molecule has 0 bridgehead atoms. The number of hydrogen-bond donors (Lipinski definition) is 2. The average molecular weight is 647 g/mol. The molecule has 1 aromatic heterocycles. The largest absolute Gasteiger partial charge is 0.511 e. The minimum atomic E-state index is -3.02. The molecule has 18 heteroatoms. The van der Waals surface area contributed by atoms with Crippen molar-refractivity contribution < 1.29 is 56.6 Å². The first-order chi connectivity index (χ1) is 21.5. The van der Waals surface area contributed by atoms with Gasteiger partial charge in [-0.25, -0.2) is 19.4 Å². The predicted molar refractivity (Wildman–Crippen MR) is 153 cm³/mol. The van der Waals surface area contributed by atoms with Crippen LogP contribution in [0.15, 0.2) is 21.8 Å². The number of rotatable bonds is 12. The van der Waals surface area contributed by atoms with E-state index in [1.807, 2.05) is 0 Å². The van der Waals surface area contributed by atoms with Crippen LogP contribution >= 0.6 is 23.1 Å². The molecule has 1 saturated heterocycles. The molecule has 0 spiro atoms. The average Bonchev–Trinajstić information content (AvgIpc) is 3.37. The summed E-state index contributed by atoms with van der Waals surface area (Å²) < 4.78 is 47.1. The van der Waals surface area contributed by atoms with Crippen molar-refractivity contribution in [1.82, 2.24) is 15.2 Å². The van der Waals surface area contributed by atoms with Crippen molar-refractivity contribution in [3.63, 3.8) is 0 Å². The summed E-state index contributed by atoms with van der Waals surface area (Å²) >= 11 is 2.11. The zero-order valence-corrected chi connectivity index (χ0v) is 25.7. The van der Waals surface area contributed by atoms with E-state index < -0.39 is 72.7 Å². The zero-order valence-electron chi connectivity index (χ0n) is 27.0. The van der Waals surface area contributed by atoms with Gasteiger partial charge in [-0.1, -0.05) is 5.16 Å². The van der Waals surface area contributed by atoms with Crippen LogP contribution in [0.25, 0.3) is 0 Å². The SMILES string of the molecule is [2H]C([2H])([2H])O/N=C(\C(=O)N[C@@H]1C(=O)N2C(C(=O)O[C@H](C)OC(=O)OC(C)C)=C(COC)CS[C@H]12)c1csc(NC(=O)OC(C)C)n1. The number of carbonyl (C=O) groups is 5. The number of hydrogen-bond acceptors (Lipinski definition) is 15. The van der Waals surface area contributed by atoms with Gasteiger partial charge >= 0.3 is 18.2 Å². The number of thiazole rings is 1. The van der Waals surface area contributed by atoms with Crippen molar-refractivity contribution in [3.8, 4) is 0 Å². The first kappa shape index (κ1) is 29.2. The summed E-state index contributed by atoms with van der Waals surface area (Å²) in [6, 6.07) is -1.19. The first-order valence-corrected chi connectivity index (χ1v) is 14.7. The van der Waals surface area contributed by atoms with Crippen LogP contribution in [0.2, 0.25) is 0 Å². The van der Waals surface area contributed by atoms with Gasteiger partial charge in [0.25, 0.3) is 11.8 Å². The fourth-order valence-corrected chi connectivity index (χ4v) is 5.78. The third-order valence-electron chi connectivity index (χ3n) is 5.36. The van der Waals surface area contributed by atoms with E-state index in [-0.39, 0.29) is 28.9 Å². The fraction of sp³-hybridized carbons (Fsp3) is 0.560. The highest BCUT2D eigenvalue weighted by molar-refractivity contribution is 8.00. The van der Waals surface area contributed by atoms with Gasteiger partial charge < -0.3 is 33.8 Å². The highest BCUT2D eigenvalue weighted by Gasteiger charge is 2.55. The number of fused-ring (bicyclic) bond motifs is 1. The van der Waals surface area contributed by atoms with Gasteiger partial charge in [0, 0.05) is 25.2 Å². The number of amides is 3. The van der Waals surface area contributed by atoms with Gasteiger partial charge in [0.05, 0.1) is 22.9 Å². The van der Waals surface area contributed by atoms with E-state index >= 15 is 0 Å². The second kappa shape index (κ2) is 15.0. The van der Waals surface area contributed by atoms with E-state index in [1.165, 1.54) is 31.2 Å². The number of nitrogens with one attached hydrogen (secondary N) is 2. The van der Waals surface area contributed by atoms with E-state index in [0.29, 0.717) is 5.57 Å². The minimum Gasteiger partial charge on any atom is -0.447 e. The van der Waals surface area contributed by atoms with Gasteiger partial charge in [0.2, 0.25) is 6.29 Å². The molecule has 2 N–H and O–H groups in total. The van der Waals surface area contributed by atoms with Crippen LogP contribution in [0.4, 0.5) is 14.7 Å². The lowest BCUT2D eigenvalue weighted by Crippen LogP contribution is -2.71. The maximum absolute atomic E-state index is 13.4. The number of carbonyl (C=O) groups excluding carboxylic acids is 5. The topological polar surface area (TPSA) is 193 Å². The number of nitrogens with zero attached hydrogens (tertiary/aromatic N) is 3. The molecule has 2 aliphatic heterocycles. The van der Waals surface area contributed by atoms with Crippen LogP contribution in [0, 0.1) is 0 Å². The Labute approximate surface area is 259 Å². The second-order valence-corrected chi connectivity index (χ2v) is 11.4. The Bertz CT molecular complexity index is 1400. The number of methoxy groups -OCH3 is 1. The van der Waals surface area contributed by atoms with Crippen LogP contribution in [0.3, 0.4) is 0 Å². The fourth-order valence-electron chi connectivity index (χ4n) is 3.77. The van der Waals surface area contributed by atoms with Crippen molar-refractivity contribution in [2.45, 2.75) is 64.5 Å². The lowest BCUT2D eigenvalue weighted by atomic mass is 10.0.